The summed E-state index contributed by atoms with van der Waals surface area (Å²) >= 11 is 11.1. The van der Waals surface area contributed by atoms with Crippen LogP contribution in [0.2, 0.25) is 0 Å². The van der Waals surface area contributed by atoms with E-state index in [4.69, 9.17) is 11.6 Å². The molecular formula is C9H12BrClS. The van der Waals surface area contributed by atoms with Crippen LogP contribution in [-0.4, -0.2) is 5.88 Å². The third-order valence-corrected chi connectivity index (χ3v) is 4.06. The lowest BCUT2D eigenvalue weighted by molar-refractivity contribution is 0.571. The second kappa shape index (κ2) is 5.25. The van der Waals surface area contributed by atoms with Gasteiger partial charge >= 0.3 is 0 Å². The molecule has 1 atom stereocenters. The first-order valence-electron chi connectivity index (χ1n) is 4.05. The Bertz CT molecular complexity index is 230. The maximum Gasteiger partial charge on any atom is 0.0285 e. The number of alkyl halides is 1. The lowest BCUT2D eigenvalue weighted by Gasteiger charge is -2.08. The second-order valence-electron chi connectivity index (χ2n) is 2.86. The fourth-order valence-corrected chi connectivity index (χ4v) is 2.95. The smallest absolute Gasteiger partial charge is 0.0285 e. The maximum atomic E-state index is 5.82. The van der Waals surface area contributed by atoms with E-state index in [9.17, 15) is 0 Å². The van der Waals surface area contributed by atoms with E-state index in [0.29, 0.717) is 5.92 Å². The first-order valence-corrected chi connectivity index (χ1v) is 6.25. The SMILES string of the molecule is CCC(CCl)Cc1cc(Br)cs1. The van der Waals surface area contributed by atoms with Gasteiger partial charge in [0.15, 0.2) is 0 Å². The molecule has 0 fully saturated rings. The number of hydrogen-bond acceptors (Lipinski definition) is 1. The Morgan fingerprint density at radius 3 is 2.83 bits per heavy atom. The van der Waals surface area contributed by atoms with Crippen LogP contribution in [0.25, 0.3) is 0 Å². The molecule has 0 spiro atoms. The number of hydrogen-bond donors (Lipinski definition) is 0. The molecule has 1 aromatic heterocycles. The van der Waals surface area contributed by atoms with Gasteiger partial charge in [0.05, 0.1) is 0 Å². The molecule has 0 N–H and O–H groups in total. The van der Waals surface area contributed by atoms with Crippen molar-refractivity contribution in [1.82, 2.24) is 0 Å². The van der Waals surface area contributed by atoms with Gasteiger partial charge in [-0.2, -0.15) is 0 Å². The molecule has 0 aliphatic rings. The molecule has 0 radical (unpaired) electrons. The van der Waals surface area contributed by atoms with Crippen molar-refractivity contribution in [2.45, 2.75) is 19.8 Å². The highest BCUT2D eigenvalue weighted by Crippen LogP contribution is 2.23. The molecule has 0 saturated heterocycles. The minimum Gasteiger partial charge on any atom is -0.148 e. The van der Waals surface area contributed by atoms with E-state index < -0.39 is 0 Å². The molecule has 68 valence electrons. The summed E-state index contributed by atoms with van der Waals surface area (Å²) in [4.78, 5) is 1.43. The predicted octanol–water partition coefficient (Wildman–Crippen LogP) is 4.32. The topological polar surface area (TPSA) is 0 Å². The van der Waals surface area contributed by atoms with Crippen molar-refractivity contribution < 1.29 is 0 Å². The molecule has 1 heterocycles. The number of halogens is 2. The van der Waals surface area contributed by atoms with Gasteiger partial charge in [0.2, 0.25) is 0 Å². The number of thiophene rings is 1. The molecular weight excluding hydrogens is 256 g/mol. The number of rotatable bonds is 4. The molecule has 12 heavy (non-hydrogen) atoms. The van der Waals surface area contributed by atoms with Gasteiger partial charge in [-0.05, 0) is 34.3 Å². The van der Waals surface area contributed by atoms with E-state index in [1.54, 1.807) is 11.3 Å². The normalized spacial score (nSPS) is 13.2. The minimum absolute atomic E-state index is 0.636. The van der Waals surface area contributed by atoms with Crippen molar-refractivity contribution >= 4 is 38.9 Å². The first-order chi connectivity index (χ1) is 5.76. The van der Waals surface area contributed by atoms with Gasteiger partial charge in [-0.15, -0.1) is 22.9 Å². The van der Waals surface area contributed by atoms with Crippen molar-refractivity contribution in [3.63, 3.8) is 0 Å². The standard InChI is InChI=1S/C9H12BrClS/c1-2-7(5-11)3-9-4-8(10)6-12-9/h4,6-7H,2-3,5H2,1H3. The largest absolute Gasteiger partial charge is 0.148 e. The molecule has 1 unspecified atom stereocenters. The highest BCUT2D eigenvalue weighted by atomic mass is 79.9. The Hall–Kier alpha value is 0.470. The van der Waals surface area contributed by atoms with Crippen LogP contribution >= 0.6 is 38.9 Å². The van der Waals surface area contributed by atoms with Crippen LogP contribution in [0.15, 0.2) is 15.9 Å². The van der Waals surface area contributed by atoms with E-state index in [2.05, 4.69) is 34.3 Å². The van der Waals surface area contributed by atoms with Crippen LogP contribution in [0.3, 0.4) is 0 Å². The predicted molar refractivity (Wildman–Crippen MR) is 60.2 cm³/mol. The Labute approximate surface area is 91.1 Å². The van der Waals surface area contributed by atoms with Crippen molar-refractivity contribution in [3.8, 4) is 0 Å². The third-order valence-electron chi connectivity index (χ3n) is 1.91. The molecule has 0 aliphatic carbocycles. The Balaban J connectivity index is 2.50. The zero-order valence-corrected chi connectivity index (χ0v) is 10.2. The minimum atomic E-state index is 0.636. The fraction of sp³-hybridized carbons (Fsp3) is 0.556. The van der Waals surface area contributed by atoms with Gasteiger partial charge in [0.25, 0.3) is 0 Å². The molecule has 0 amide bonds. The first kappa shape index (κ1) is 10.6. The van der Waals surface area contributed by atoms with Crippen molar-refractivity contribution in [1.29, 1.82) is 0 Å². The zero-order valence-electron chi connectivity index (χ0n) is 7.02. The highest BCUT2D eigenvalue weighted by Gasteiger charge is 2.07. The van der Waals surface area contributed by atoms with E-state index in [1.165, 1.54) is 15.8 Å². The molecule has 0 aliphatic heterocycles. The van der Waals surface area contributed by atoms with Crippen molar-refractivity contribution in [2.24, 2.45) is 5.92 Å². The van der Waals surface area contributed by atoms with Gasteiger partial charge in [-0.25, -0.2) is 0 Å². The summed E-state index contributed by atoms with van der Waals surface area (Å²) in [5.41, 5.74) is 0. The molecule has 0 bridgehead atoms. The third kappa shape index (κ3) is 3.08. The highest BCUT2D eigenvalue weighted by molar-refractivity contribution is 9.10. The Morgan fingerprint density at radius 2 is 2.42 bits per heavy atom. The monoisotopic (exact) mass is 266 g/mol. The lowest BCUT2D eigenvalue weighted by Crippen LogP contribution is -2.03. The summed E-state index contributed by atoms with van der Waals surface area (Å²) < 4.78 is 1.19. The average molecular weight is 268 g/mol. The molecule has 1 rings (SSSR count). The van der Waals surface area contributed by atoms with Gasteiger partial charge in [-0.1, -0.05) is 13.3 Å². The van der Waals surface area contributed by atoms with Crippen LogP contribution in [-0.2, 0) is 6.42 Å². The molecule has 0 saturated carbocycles. The Morgan fingerprint density at radius 1 is 1.67 bits per heavy atom. The van der Waals surface area contributed by atoms with E-state index in [1.807, 2.05) is 0 Å². The summed E-state index contributed by atoms with van der Waals surface area (Å²) in [6, 6.07) is 2.18. The summed E-state index contributed by atoms with van der Waals surface area (Å²) in [6.07, 6.45) is 2.29. The van der Waals surface area contributed by atoms with Crippen molar-refractivity contribution in [2.75, 3.05) is 5.88 Å². The van der Waals surface area contributed by atoms with E-state index in [-0.39, 0.29) is 0 Å². The van der Waals surface area contributed by atoms with Crippen molar-refractivity contribution in [3.05, 3.63) is 20.8 Å². The lowest BCUT2D eigenvalue weighted by atomic mass is 10.0. The maximum absolute atomic E-state index is 5.82. The summed E-state index contributed by atoms with van der Waals surface area (Å²) in [7, 11) is 0. The van der Waals surface area contributed by atoms with Crippen LogP contribution in [0, 0.1) is 5.92 Å². The molecule has 0 nitrogen and oxygen atoms in total. The Kier molecular flexibility index (Phi) is 4.62. The van der Waals surface area contributed by atoms with E-state index in [0.717, 1.165) is 12.3 Å². The molecule has 1 aromatic rings. The fourth-order valence-electron chi connectivity index (χ4n) is 1.05. The molecule has 0 aromatic carbocycles. The summed E-state index contributed by atoms with van der Waals surface area (Å²) in [5.74, 6) is 1.41. The van der Waals surface area contributed by atoms with Gasteiger partial charge < -0.3 is 0 Å². The van der Waals surface area contributed by atoms with Crippen LogP contribution in [0.1, 0.15) is 18.2 Å². The van der Waals surface area contributed by atoms with Gasteiger partial charge in [-0.3, -0.25) is 0 Å². The summed E-state index contributed by atoms with van der Waals surface area (Å²) in [6.45, 7) is 2.19. The van der Waals surface area contributed by atoms with Crippen LogP contribution < -0.4 is 0 Å². The second-order valence-corrected chi connectivity index (χ2v) is 5.08. The van der Waals surface area contributed by atoms with Crippen LogP contribution in [0.4, 0.5) is 0 Å². The van der Waals surface area contributed by atoms with E-state index >= 15 is 0 Å². The average Bonchev–Trinajstić information content (AvgIpc) is 2.47. The zero-order chi connectivity index (χ0) is 8.97. The summed E-state index contributed by atoms with van der Waals surface area (Å²) in [5, 5.41) is 2.12. The van der Waals surface area contributed by atoms with Gasteiger partial charge in [0.1, 0.15) is 0 Å². The molecule has 3 heteroatoms. The van der Waals surface area contributed by atoms with Gasteiger partial charge in [0, 0.05) is 20.6 Å². The quantitative estimate of drug-likeness (QED) is 0.713. The van der Waals surface area contributed by atoms with Crippen LogP contribution in [0.5, 0.6) is 0 Å².